The van der Waals surface area contributed by atoms with Crippen molar-refractivity contribution in [1.29, 1.82) is 0 Å². The first-order chi connectivity index (χ1) is 11.6. The van der Waals surface area contributed by atoms with Gasteiger partial charge < -0.3 is 19.9 Å². The number of aromatic carboxylic acids is 1. The molecular formula is C18H17ClN2O4. The Balaban J connectivity index is 1.98. The number of fused-ring (bicyclic) bond motifs is 1. The molecule has 2 aromatic carbocycles. The van der Waals surface area contributed by atoms with Crippen molar-refractivity contribution in [2.75, 3.05) is 0 Å². The molecule has 6 nitrogen and oxygen atoms in total. The van der Waals surface area contributed by atoms with E-state index in [9.17, 15) is 15.0 Å². The molecule has 1 heterocycles. The number of aliphatic hydroxyl groups is 1. The molecule has 3 N–H and O–H groups in total. The number of carbonyl (C=O) groups is 1. The summed E-state index contributed by atoms with van der Waals surface area (Å²) in [5.74, 6) is -0.662. The van der Waals surface area contributed by atoms with E-state index < -0.39 is 11.6 Å². The Kier molecular flexibility index (Phi) is 4.18. The van der Waals surface area contributed by atoms with Crippen LogP contribution in [0.4, 0.5) is 0 Å². The lowest BCUT2D eigenvalue weighted by molar-refractivity contribution is 0.0695. The molecule has 0 saturated heterocycles. The Bertz CT molecular complexity index is 973. The van der Waals surface area contributed by atoms with Crippen molar-refractivity contribution in [3.63, 3.8) is 0 Å². The van der Waals surface area contributed by atoms with Gasteiger partial charge in [0.1, 0.15) is 5.75 Å². The third kappa shape index (κ3) is 3.45. The van der Waals surface area contributed by atoms with Crippen molar-refractivity contribution in [2.24, 2.45) is 0 Å². The standard InChI is InChI=1S/C18H17ClN2O4/c1-9-4-5-10(6-11(9)16(22)23)25-17-20-14-7-12(18(2,3)24)13(19)8-15(14)21-17/h4-8,24H,1-3H3,(H,20,21)(H,22,23). The first-order valence-corrected chi connectivity index (χ1v) is 7.97. The highest BCUT2D eigenvalue weighted by molar-refractivity contribution is 6.32. The molecule has 0 aliphatic heterocycles. The molecule has 3 rings (SSSR count). The zero-order valence-corrected chi connectivity index (χ0v) is 14.7. The van der Waals surface area contributed by atoms with Gasteiger partial charge in [-0.05, 0) is 50.6 Å². The normalized spacial score (nSPS) is 11.7. The average Bonchev–Trinajstić information content (AvgIpc) is 2.88. The molecule has 0 spiro atoms. The second-order valence-electron chi connectivity index (χ2n) is 6.33. The van der Waals surface area contributed by atoms with E-state index in [2.05, 4.69) is 9.97 Å². The van der Waals surface area contributed by atoms with Crippen molar-refractivity contribution in [1.82, 2.24) is 9.97 Å². The molecule has 0 fully saturated rings. The second kappa shape index (κ2) is 6.06. The number of nitrogens with one attached hydrogen (secondary N) is 1. The molecule has 0 amide bonds. The number of carboxylic acid groups (broad SMARTS) is 1. The maximum Gasteiger partial charge on any atom is 0.336 e. The largest absolute Gasteiger partial charge is 0.478 e. The molecule has 0 unspecified atom stereocenters. The number of carboxylic acids is 1. The number of benzene rings is 2. The zero-order valence-electron chi connectivity index (χ0n) is 13.9. The van der Waals surface area contributed by atoms with Crippen LogP contribution in [0.25, 0.3) is 11.0 Å². The van der Waals surface area contributed by atoms with Crippen molar-refractivity contribution < 1.29 is 19.7 Å². The van der Waals surface area contributed by atoms with E-state index in [-0.39, 0.29) is 11.6 Å². The molecular weight excluding hydrogens is 344 g/mol. The van der Waals surface area contributed by atoms with E-state index >= 15 is 0 Å². The molecule has 3 aromatic rings. The number of nitrogens with zero attached hydrogens (tertiary/aromatic N) is 1. The maximum absolute atomic E-state index is 11.2. The SMILES string of the molecule is Cc1ccc(Oc2nc3cc(C(C)(C)O)c(Cl)cc3[nH]2)cc1C(=O)O. The molecule has 7 heteroatoms. The minimum absolute atomic E-state index is 0.168. The fourth-order valence-corrected chi connectivity index (χ4v) is 2.93. The topological polar surface area (TPSA) is 95.4 Å². The number of aryl methyl sites for hydroxylation is 1. The maximum atomic E-state index is 11.2. The molecule has 0 saturated carbocycles. The fraction of sp³-hybridized carbons (Fsp3) is 0.222. The zero-order chi connectivity index (χ0) is 18.4. The van der Waals surface area contributed by atoms with Crippen LogP contribution in [0.2, 0.25) is 5.02 Å². The van der Waals surface area contributed by atoms with Gasteiger partial charge in [-0.15, -0.1) is 0 Å². The molecule has 130 valence electrons. The summed E-state index contributed by atoms with van der Waals surface area (Å²) in [5.41, 5.74) is 1.51. The lowest BCUT2D eigenvalue weighted by Crippen LogP contribution is -2.15. The Labute approximate surface area is 149 Å². The second-order valence-corrected chi connectivity index (χ2v) is 6.74. The van der Waals surface area contributed by atoms with E-state index in [0.29, 0.717) is 32.9 Å². The number of hydrogen-bond donors (Lipinski definition) is 3. The van der Waals surface area contributed by atoms with Crippen LogP contribution in [0.1, 0.15) is 35.3 Å². The Morgan fingerprint density at radius 1 is 1.28 bits per heavy atom. The number of H-pyrrole nitrogens is 1. The molecule has 0 bridgehead atoms. The predicted molar refractivity (Wildman–Crippen MR) is 94.6 cm³/mol. The Morgan fingerprint density at radius 3 is 2.64 bits per heavy atom. The number of halogens is 1. The van der Waals surface area contributed by atoms with E-state index in [4.69, 9.17) is 16.3 Å². The summed E-state index contributed by atoms with van der Waals surface area (Å²) in [6.45, 7) is 5.00. The average molecular weight is 361 g/mol. The molecule has 0 atom stereocenters. The van der Waals surface area contributed by atoms with E-state index in [1.165, 1.54) is 6.07 Å². The van der Waals surface area contributed by atoms with Crippen LogP contribution in [0.5, 0.6) is 11.8 Å². The quantitative estimate of drug-likeness (QED) is 0.646. The summed E-state index contributed by atoms with van der Waals surface area (Å²) in [6.07, 6.45) is 0. The molecule has 0 aliphatic carbocycles. The number of ether oxygens (including phenoxy) is 1. The van der Waals surface area contributed by atoms with Gasteiger partial charge in [-0.3, -0.25) is 0 Å². The first kappa shape index (κ1) is 17.3. The van der Waals surface area contributed by atoms with Crippen LogP contribution >= 0.6 is 11.6 Å². The minimum atomic E-state index is -1.10. The van der Waals surface area contributed by atoms with Crippen molar-refractivity contribution in [2.45, 2.75) is 26.4 Å². The van der Waals surface area contributed by atoms with Gasteiger partial charge >= 0.3 is 5.97 Å². The van der Waals surface area contributed by atoms with Gasteiger partial charge in [0.25, 0.3) is 6.01 Å². The van der Waals surface area contributed by atoms with Gasteiger partial charge in [-0.25, -0.2) is 4.79 Å². The van der Waals surface area contributed by atoms with Crippen LogP contribution in [0, 0.1) is 6.92 Å². The summed E-state index contributed by atoms with van der Waals surface area (Å²) in [4.78, 5) is 18.5. The van der Waals surface area contributed by atoms with E-state index in [1.807, 2.05) is 0 Å². The summed E-state index contributed by atoms with van der Waals surface area (Å²) in [5, 5.41) is 19.8. The molecule has 0 radical (unpaired) electrons. The summed E-state index contributed by atoms with van der Waals surface area (Å²) in [7, 11) is 0. The van der Waals surface area contributed by atoms with Gasteiger partial charge in [-0.1, -0.05) is 17.7 Å². The summed E-state index contributed by atoms with van der Waals surface area (Å²) >= 11 is 6.22. The first-order valence-electron chi connectivity index (χ1n) is 7.59. The van der Waals surface area contributed by atoms with Crippen molar-refractivity contribution in [3.05, 3.63) is 52.0 Å². The highest BCUT2D eigenvalue weighted by Crippen LogP contribution is 2.32. The highest BCUT2D eigenvalue weighted by Gasteiger charge is 2.21. The van der Waals surface area contributed by atoms with Gasteiger partial charge in [0.2, 0.25) is 0 Å². The minimum Gasteiger partial charge on any atom is -0.478 e. The summed E-state index contributed by atoms with van der Waals surface area (Å²) in [6, 6.07) is 8.36. The van der Waals surface area contributed by atoms with Crippen LogP contribution in [0.3, 0.4) is 0 Å². The fourth-order valence-electron chi connectivity index (χ4n) is 2.53. The third-order valence-electron chi connectivity index (χ3n) is 3.86. The molecule has 1 aromatic heterocycles. The van der Waals surface area contributed by atoms with Crippen LogP contribution in [0.15, 0.2) is 30.3 Å². The van der Waals surface area contributed by atoms with Gasteiger partial charge in [0, 0.05) is 10.6 Å². The number of aromatic amines is 1. The number of imidazole rings is 1. The van der Waals surface area contributed by atoms with Crippen molar-refractivity contribution in [3.8, 4) is 11.8 Å². The monoisotopic (exact) mass is 360 g/mol. The van der Waals surface area contributed by atoms with Crippen LogP contribution in [-0.2, 0) is 5.60 Å². The lowest BCUT2D eigenvalue weighted by atomic mass is 9.98. The van der Waals surface area contributed by atoms with Gasteiger partial charge in [0.15, 0.2) is 0 Å². The predicted octanol–water partition coefficient (Wildman–Crippen LogP) is 4.24. The van der Waals surface area contributed by atoms with Gasteiger partial charge in [0.05, 0.1) is 22.2 Å². The number of aromatic nitrogens is 2. The Morgan fingerprint density at radius 2 is 2.00 bits per heavy atom. The smallest absolute Gasteiger partial charge is 0.336 e. The van der Waals surface area contributed by atoms with E-state index in [1.54, 1.807) is 45.0 Å². The third-order valence-corrected chi connectivity index (χ3v) is 4.17. The lowest BCUT2D eigenvalue weighted by Gasteiger charge is -2.18. The van der Waals surface area contributed by atoms with E-state index in [0.717, 1.165) is 0 Å². The number of rotatable bonds is 4. The number of hydrogen-bond acceptors (Lipinski definition) is 4. The highest BCUT2D eigenvalue weighted by atomic mass is 35.5. The molecule has 0 aliphatic rings. The summed E-state index contributed by atoms with van der Waals surface area (Å²) < 4.78 is 5.64. The Hall–Kier alpha value is -2.57. The molecule has 25 heavy (non-hydrogen) atoms. The van der Waals surface area contributed by atoms with Crippen LogP contribution in [-0.4, -0.2) is 26.2 Å². The van der Waals surface area contributed by atoms with Crippen LogP contribution < -0.4 is 4.74 Å². The van der Waals surface area contributed by atoms with Crippen molar-refractivity contribution >= 4 is 28.6 Å². The van der Waals surface area contributed by atoms with Gasteiger partial charge in [-0.2, -0.15) is 4.98 Å².